The Bertz CT molecular complexity index is 513. The lowest BCUT2D eigenvalue weighted by molar-refractivity contribution is 0.0451. The van der Waals surface area contributed by atoms with Crippen molar-refractivity contribution in [3.05, 3.63) is 47.5 Å². The summed E-state index contributed by atoms with van der Waals surface area (Å²) in [5.74, 6) is 0.890. The summed E-state index contributed by atoms with van der Waals surface area (Å²) in [6, 6.07) is 9.23. The molecule has 2 fully saturated rings. The van der Waals surface area contributed by atoms with Crippen LogP contribution in [0.2, 0.25) is 5.02 Å². The Hall–Kier alpha value is -0.830. The summed E-state index contributed by atoms with van der Waals surface area (Å²) >= 11 is 6.14. The average Bonchev–Trinajstić information content (AvgIpc) is 3.39. The molecule has 23 heavy (non-hydrogen) atoms. The monoisotopic (exact) mass is 332 g/mol. The molecule has 0 radical (unpaired) electrons. The lowest BCUT2D eigenvalue weighted by Gasteiger charge is -2.48. The molecular weight excluding hydrogens is 304 g/mol. The first-order valence-electron chi connectivity index (χ1n) is 8.97. The van der Waals surface area contributed by atoms with E-state index >= 15 is 0 Å². The van der Waals surface area contributed by atoms with Crippen molar-refractivity contribution in [1.82, 2.24) is 10.2 Å². The standard InChI is InChI=1S/C20H29ClN2/c1-3-14-23(15-16-4-5-16)20(12-10-19(22-2)11-13-20)17-6-8-18(21)9-7-17/h3,6-9,16,19,22H,1,4-5,10-15H2,2H3. The second-order valence-electron chi connectivity index (χ2n) is 7.24. The highest BCUT2D eigenvalue weighted by Gasteiger charge is 2.42. The Labute approximate surface area is 145 Å². The van der Waals surface area contributed by atoms with Gasteiger partial charge in [0.05, 0.1) is 0 Å². The van der Waals surface area contributed by atoms with E-state index in [9.17, 15) is 0 Å². The Morgan fingerprint density at radius 2 is 1.87 bits per heavy atom. The van der Waals surface area contributed by atoms with Gasteiger partial charge in [0.15, 0.2) is 0 Å². The highest BCUT2D eigenvalue weighted by Crippen LogP contribution is 2.44. The molecular formula is C20H29ClN2. The van der Waals surface area contributed by atoms with Crippen LogP contribution in [0.4, 0.5) is 0 Å². The van der Waals surface area contributed by atoms with E-state index in [-0.39, 0.29) is 5.54 Å². The molecule has 1 aromatic carbocycles. The van der Waals surface area contributed by atoms with Crippen molar-refractivity contribution in [1.29, 1.82) is 0 Å². The van der Waals surface area contributed by atoms with Crippen LogP contribution in [0.15, 0.2) is 36.9 Å². The fourth-order valence-electron chi connectivity index (χ4n) is 4.12. The Kier molecular flexibility index (Phi) is 5.45. The molecule has 0 bridgehead atoms. The summed E-state index contributed by atoms with van der Waals surface area (Å²) in [6.07, 6.45) is 9.74. The van der Waals surface area contributed by atoms with Gasteiger partial charge < -0.3 is 5.32 Å². The van der Waals surface area contributed by atoms with Gasteiger partial charge in [-0.3, -0.25) is 4.90 Å². The number of nitrogens with zero attached hydrogens (tertiary/aromatic N) is 1. The first-order valence-corrected chi connectivity index (χ1v) is 9.35. The Morgan fingerprint density at radius 1 is 1.22 bits per heavy atom. The number of rotatable bonds is 7. The fourth-order valence-corrected chi connectivity index (χ4v) is 4.25. The molecule has 0 amide bonds. The van der Waals surface area contributed by atoms with E-state index in [0.29, 0.717) is 6.04 Å². The van der Waals surface area contributed by atoms with Crippen LogP contribution in [0, 0.1) is 5.92 Å². The Morgan fingerprint density at radius 3 is 2.39 bits per heavy atom. The molecule has 0 unspecified atom stereocenters. The zero-order valence-corrected chi connectivity index (χ0v) is 15.0. The van der Waals surface area contributed by atoms with Crippen LogP contribution in [0.1, 0.15) is 44.1 Å². The van der Waals surface area contributed by atoms with Crippen LogP contribution in [0.5, 0.6) is 0 Å². The summed E-state index contributed by atoms with van der Waals surface area (Å²) < 4.78 is 0. The van der Waals surface area contributed by atoms with E-state index in [1.807, 2.05) is 12.1 Å². The SMILES string of the molecule is C=CCN(CC1CC1)C1(c2ccc(Cl)cc2)CCC(NC)CC1. The van der Waals surface area contributed by atoms with E-state index in [1.54, 1.807) is 0 Å². The van der Waals surface area contributed by atoms with E-state index < -0.39 is 0 Å². The van der Waals surface area contributed by atoms with Crippen molar-refractivity contribution in [3.8, 4) is 0 Å². The van der Waals surface area contributed by atoms with Gasteiger partial charge in [-0.2, -0.15) is 0 Å². The van der Waals surface area contributed by atoms with Crippen LogP contribution in [0.3, 0.4) is 0 Å². The smallest absolute Gasteiger partial charge is 0.0465 e. The summed E-state index contributed by atoms with van der Waals surface area (Å²) in [4.78, 5) is 2.70. The van der Waals surface area contributed by atoms with Gasteiger partial charge in [-0.25, -0.2) is 0 Å². The fraction of sp³-hybridized carbons (Fsp3) is 0.600. The molecule has 126 valence electrons. The van der Waals surface area contributed by atoms with Gasteiger partial charge in [-0.05, 0) is 69.2 Å². The molecule has 1 N–H and O–H groups in total. The molecule has 0 aliphatic heterocycles. The van der Waals surface area contributed by atoms with Crippen LogP contribution in [-0.4, -0.2) is 31.1 Å². The van der Waals surface area contributed by atoms with Crippen molar-refractivity contribution in [2.45, 2.75) is 50.1 Å². The maximum atomic E-state index is 6.14. The number of hydrogen-bond acceptors (Lipinski definition) is 2. The first-order chi connectivity index (χ1) is 11.2. The minimum Gasteiger partial charge on any atom is -0.317 e. The van der Waals surface area contributed by atoms with Gasteiger partial charge in [-0.15, -0.1) is 6.58 Å². The van der Waals surface area contributed by atoms with Crippen molar-refractivity contribution in [2.75, 3.05) is 20.1 Å². The van der Waals surface area contributed by atoms with Gasteiger partial charge in [-0.1, -0.05) is 29.8 Å². The van der Waals surface area contributed by atoms with E-state index in [4.69, 9.17) is 11.6 Å². The van der Waals surface area contributed by atoms with E-state index in [1.165, 1.54) is 50.6 Å². The zero-order valence-electron chi connectivity index (χ0n) is 14.2. The normalized spacial score (nSPS) is 28.0. The maximum absolute atomic E-state index is 6.14. The lowest BCUT2D eigenvalue weighted by Crippen LogP contribution is -2.51. The minimum absolute atomic E-state index is 0.148. The van der Waals surface area contributed by atoms with Crippen molar-refractivity contribution in [2.24, 2.45) is 5.92 Å². The van der Waals surface area contributed by atoms with Crippen LogP contribution in [0.25, 0.3) is 0 Å². The molecule has 0 aromatic heterocycles. The second kappa shape index (κ2) is 7.38. The molecule has 2 nitrogen and oxygen atoms in total. The predicted molar refractivity (Wildman–Crippen MR) is 98.9 cm³/mol. The molecule has 2 aliphatic carbocycles. The predicted octanol–water partition coefficient (Wildman–Crippen LogP) is 4.60. The molecule has 1 aromatic rings. The molecule has 3 heteroatoms. The third-order valence-corrected chi connectivity index (χ3v) is 5.98. The number of nitrogens with one attached hydrogen (secondary N) is 1. The van der Waals surface area contributed by atoms with Crippen LogP contribution < -0.4 is 5.32 Å². The third kappa shape index (κ3) is 3.81. The molecule has 2 saturated carbocycles. The second-order valence-corrected chi connectivity index (χ2v) is 7.67. The summed E-state index contributed by atoms with van der Waals surface area (Å²) in [5.41, 5.74) is 1.58. The highest BCUT2D eigenvalue weighted by molar-refractivity contribution is 6.30. The number of halogens is 1. The molecule has 0 saturated heterocycles. The van der Waals surface area contributed by atoms with Gasteiger partial charge in [0.2, 0.25) is 0 Å². The van der Waals surface area contributed by atoms with Gasteiger partial charge in [0.1, 0.15) is 0 Å². The molecule has 3 rings (SSSR count). The zero-order chi connectivity index (χ0) is 16.3. The molecule has 0 atom stereocenters. The largest absolute Gasteiger partial charge is 0.317 e. The highest BCUT2D eigenvalue weighted by atomic mass is 35.5. The molecule has 0 spiro atoms. The van der Waals surface area contributed by atoms with Crippen molar-refractivity contribution < 1.29 is 0 Å². The number of benzene rings is 1. The van der Waals surface area contributed by atoms with E-state index in [0.717, 1.165) is 17.5 Å². The maximum Gasteiger partial charge on any atom is 0.0465 e. The third-order valence-electron chi connectivity index (χ3n) is 5.73. The van der Waals surface area contributed by atoms with E-state index in [2.05, 4.69) is 42.1 Å². The van der Waals surface area contributed by atoms with Crippen molar-refractivity contribution in [3.63, 3.8) is 0 Å². The quantitative estimate of drug-likeness (QED) is 0.734. The van der Waals surface area contributed by atoms with Crippen molar-refractivity contribution >= 4 is 11.6 Å². The minimum atomic E-state index is 0.148. The van der Waals surface area contributed by atoms with Gasteiger partial charge >= 0.3 is 0 Å². The topological polar surface area (TPSA) is 15.3 Å². The van der Waals surface area contributed by atoms with Gasteiger partial charge in [0, 0.05) is 29.7 Å². The molecule has 0 heterocycles. The number of hydrogen-bond donors (Lipinski definition) is 1. The summed E-state index contributed by atoms with van der Waals surface area (Å²) in [6.45, 7) is 6.20. The van der Waals surface area contributed by atoms with Crippen LogP contribution in [-0.2, 0) is 5.54 Å². The van der Waals surface area contributed by atoms with Gasteiger partial charge in [0.25, 0.3) is 0 Å². The first kappa shape index (κ1) is 17.0. The lowest BCUT2D eigenvalue weighted by atomic mass is 9.73. The molecule has 2 aliphatic rings. The summed E-state index contributed by atoms with van der Waals surface area (Å²) in [5, 5.41) is 4.29. The summed E-state index contributed by atoms with van der Waals surface area (Å²) in [7, 11) is 2.09. The van der Waals surface area contributed by atoms with Crippen LogP contribution >= 0.6 is 11.6 Å². The Balaban J connectivity index is 1.90. The average molecular weight is 333 g/mol.